The average molecular weight is 976 g/mol. The van der Waals surface area contributed by atoms with E-state index in [1.54, 1.807) is 0 Å². The van der Waals surface area contributed by atoms with Gasteiger partial charge in [0.25, 0.3) is 0 Å². The Hall–Kier alpha value is 0.710. The molecule has 0 radical (unpaired) electrons. The van der Waals surface area contributed by atoms with E-state index in [-0.39, 0.29) is 0 Å². The van der Waals surface area contributed by atoms with Crippen LogP contribution in [0, 0.1) is 0 Å². The third-order valence-corrected chi connectivity index (χ3v) is 15.6. The molecule has 0 heterocycles. The third kappa shape index (κ3) is 6.04. The molecule has 0 fully saturated rings. The third-order valence-electron chi connectivity index (χ3n) is 5.04. The quantitative estimate of drug-likeness (QED) is 0.229. The second-order valence-corrected chi connectivity index (χ2v) is 33.5. The summed E-state index contributed by atoms with van der Waals surface area (Å²) in [6, 6.07) is 26.9. The van der Waals surface area contributed by atoms with Crippen LogP contribution in [0.15, 0.2) is 72.8 Å². The van der Waals surface area contributed by atoms with Crippen molar-refractivity contribution in [3.8, 4) is 0 Å². The van der Waals surface area contributed by atoms with Crippen LogP contribution in [0.2, 0.25) is 0 Å². The SMILES string of the molecule is CN(C)c1cccc2cccc([Te+](I)c3cccc4cccc(N(C)C)c34)c12.I[I-]I. The summed E-state index contributed by atoms with van der Waals surface area (Å²) in [6.07, 6.45) is 0. The summed E-state index contributed by atoms with van der Waals surface area (Å²) >= 11 is 6.26. The zero-order valence-corrected chi connectivity index (χ0v) is 28.7. The van der Waals surface area contributed by atoms with Crippen LogP contribution in [0.4, 0.5) is 11.4 Å². The maximum atomic E-state index is 2.78. The molecule has 0 saturated heterocycles. The van der Waals surface area contributed by atoms with Gasteiger partial charge in [-0.25, -0.2) is 0 Å². The van der Waals surface area contributed by atoms with Gasteiger partial charge in [0, 0.05) is 0 Å². The van der Waals surface area contributed by atoms with Gasteiger partial charge in [0.2, 0.25) is 0 Å². The number of nitrogens with zero attached hydrogens (tertiary/aromatic N) is 2. The van der Waals surface area contributed by atoms with Crippen molar-refractivity contribution in [2.75, 3.05) is 38.0 Å². The number of rotatable bonds is 4. The molecule has 2 nitrogen and oxygen atoms in total. The van der Waals surface area contributed by atoms with Crippen molar-refractivity contribution in [2.45, 2.75) is 0 Å². The summed E-state index contributed by atoms with van der Waals surface area (Å²) in [5, 5.41) is 5.50. The molecule has 4 rings (SSSR count). The Labute approximate surface area is 232 Å². The van der Waals surface area contributed by atoms with Crippen molar-refractivity contribution in [1.82, 2.24) is 0 Å². The first-order valence-electron chi connectivity index (χ1n) is 9.56. The monoisotopic (exact) mass is 978 g/mol. The number of benzene rings is 4. The zero-order valence-electron chi connectivity index (χ0n) is 17.7. The summed E-state index contributed by atoms with van der Waals surface area (Å²) in [7, 11) is 8.56. The topological polar surface area (TPSA) is 6.48 Å². The molecular weight excluding hydrogens is 951 g/mol. The fourth-order valence-electron chi connectivity index (χ4n) is 3.74. The van der Waals surface area contributed by atoms with Crippen LogP contribution in [0.5, 0.6) is 0 Å². The molecular formula is C24H24I4N2Te. The molecule has 0 atom stereocenters. The number of hydrogen-bond acceptors (Lipinski definition) is 2. The fraction of sp³-hybridized carbons (Fsp3) is 0.167. The second kappa shape index (κ2) is 12.4. The van der Waals surface area contributed by atoms with E-state index < -0.39 is 15.6 Å². The van der Waals surface area contributed by atoms with E-state index in [0.717, 1.165) is 0 Å². The molecule has 0 N–H and O–H groups in total. The van der Waals surface area contributed by atoms with Gasteiger partial charge < -0.3 is 0 Å². The van der Waals surface area contributed by atoms with Gasteiger partial charge in [0.15, 0.2) is 0 Å². The van der Waals surface area contributed by atoms with E-state index >= 15 is 0 Å². The summed E-state index contributed by atoms with van der Waals surface area (Å²) in [6.45, 7) is 0. The second-order valence-electron chi connectivity index (χ2n) is 7.36. The number of fused-ring (bicyclic) bond motifs is 2. The van der Waals surface area contributed by atoms with Gasteiger partial charge in [-0.15, -0.1) is 0 Å². The molecule has 0 aromatic heterocycles. The molecule has 4 aromatic rings. The number of hydrogen-bond donors (Lipinski definition) is 0. The summed E-state index contributed by atoms with van der Waals surface area (Å²) in [5.41, 5.74) is 2.62. The van der Waals surface area contributed by atoms with Crippen molar-refractivity contribution >= 4 is 112 Å². The summed E-state index contributed by atoms with van der Waals surface area (Å²) in [4.78, 5) is 4.48. The van der Waals surface area contributed by atoms with Gasteiger partial charge in [0.05, 0.1) is 0 Å². The molecule has 0 bridgehead atoms. The first-order valence-corrected chi connectivity index (χ1v) is 31.3. The molecule has 0 spiro atoms. The Bertz CT molecular complexity index is 1080. The van der Waals surface area contributed by atoms with Crippen LogP contribution in [0.25, 0.3) is 21.5 Å². The Morgan fingerprint density at radius 1 is 0.613 bits per heavy atom. The van der Waals surface area contributed by atoms with E-state index in [1.807, 2.05) is 0 Å². The standard InChI is InChI=1S/C24H24IN2Te.I3/c1-26(2)19-13-5-9-17-11-7-15-21(23(17)19)28(25)22-16-8-12-18-10-6-14-20(24(18)22)27(3)4;1-3-2/h5-16H,1-4H3;/q+1;-1. The van der Waals surface area contributed by atoms with Gasteiger partial charge in [-0.2, -0.15) is 0 Å². The van der Waals surface area contributed by atoms with Crippen LogP contribution in [0.3, 0.4) is 0 Å². The first-order chi connectivity index (χ1) is 14.9. The van der Waals surface area contributed by atoms with E-state index in [0.29, 0.717) is 13.3 Å². The minimum atomic E-state index is -1.82. The molecule has 4 aromatic carbocycles. The van der Waals surface area contributed by atoms with Crippen LogP contribution < -0.4 is 30.3 Å². The molecule has 0 aliphatic rings. The van der Waals surface area contributed by atoms with Crippen LogP contribution in [-0.4, -0.2) is 43.8 Å². The minimum absolute atomic E-state index is 0.530. The van der Waals surface area contributed by atoms with Crippen molar-refractivity contribution < 1.29 is 13.3 Å². The molecule has 31 heavy (non-hydrogen) atoms. The normalized spacial score (nSPS) is 11.0. The van der Waals surface area contributed by atoms with Gasteiger partial charge >= 0.3 is 236 Å². The molecule has 7 heteroatoms. The summed E-state index contributed by atoms with van der Waals surface area (Å²) < 4.78 is 3.07. The Kier molecular flexibility index (Phi) is 10.5. The molecule has 164 valence electrons. The van der Waals surface area contributed by atoms with E-state index in [4.69, 9.17) is 0 Å². The van der Waals surface area contributed by atoms with E-state index in [9.17, 15) is 0 Å². The number of anilines is 2. The molecule has 0 amide bonds. The van der Waals surface area contributed by atoms with E-state index in [2.05, 4.69) is 167 Å². The number of halogens is 4. The van der Waals surface area contributed by atoms with Crippen molar-refractivity contribution in [3.05, 3.63) is 72.8 Å². The van der Waals surface area contributed by atoms with Gasteiger partial charge in [-0.3, -0.25) is 0 Å². The van der Waals surface area contributed by atoms with E-state index in [1.165, 1.54) is 40.1 Å². The molecule has 0 saturated carbocycles. The van der Waals surface area contributed by atoms with Gasteiger partial charge in [-0.05, 0) is 0 Å². The Morgan fingerprint density at radius 2 is 0.935 bits per heavy atom. The van der Waals surface area contributed by atoms with Crippen LogP contribution in [0.1, 0.15) is 0 Å². The van der Waals surface area contributed by atoms with Crippen molar-refractivity contribution in [2.24, 2.45) is 0 Å². The fourth-order valence-corrected chi connectivity index (χ4v) is 12.8. The molecule has 0 aliphatic heterocycles. The Morgan fingerprint density at radius 3 is 1.26 bits per heavy atom. The van der Waals surface area contributed by atoms with Gasteiger partial charge in [0.1, 0.15) is 0 Å². The predicted octanol–water partition coefficient (Wildman–Crippen LogP) is 3.44. The van der Waals surface area contributed by atoms with Crippen molar-refractivity contribution in [1.29, 1.82) is 0 Å². The van der Waals surface area contributed by atoms with Crippen LogP contribution >= 0.6 is 55.9 Å². The maximum absolute atomic E-state index is 2.78. The molecule has 0 unspecified atom stereocenters. The Balaban J connectivity index is 0.000000858. The summed E-state index contributed by atoms with van der Waals surface area (Å²) in [5.74, 6) is 0. The molecule has 0 aliphatic carbocycles. The average Bonchev–Trinajstić information content (AvgIpc) is 2.77. The van der Waals surface area contributed by atoms with Gasteiger partial charge in [-0.1, -0.05) is 0 Å². The predicted molar refractivity (Wildman–Crippen MR) is 164 cm³/mol. The van der Waals surface area contributed by atoms with Crippen LogP contribution in [-0.2, 0) is 0 Å². The van der Waals surface area contributed by atoms with Crippen molar-refractivity contribution in [3.63, 3.8) is 0 Å². The first kappa shape index (κ1) is 26.3. The zero-order chi connectivity index (χ0) is 22.5.